The van der Waals surface area contributed by atoms with E-state index in [1.807, 2.05) is 0 Å². The van der Waals surface area contributed by atoms with Crippen LogP contribution in [-0.4, -0.2) is 6.16 Å². The number of hydrogen-bond donors (Lipinski definition) is 0. The Hall–Kier alpha value is 0.906. The summed E-state index contributed by atoms with van der Waals surface area (Å²) in [6, 6.07) is 0. The first-order valence-corrected chi connectivity index (χ1v) is 0.612. The Labute approximate surface area is 71.4 Å². The molecule has 0 aliphatic carbocycles. The molecule has 3 nitrogen and oxygen atoms in total. The molecule has 0 fully saturated rings. The third-order valence-corrected chi connectivity index (χ3v) is 0. The van der Waals surface area contributed by atoms with Crippen molar-refractivity contribution in [3.05, 3.63) is 0 Å². The van der Waals surface area contributed by atoms with Gasteiger partial charge in [-0.15, -0.1) is 0 Å². The molecule has 0 rings (SSSR count). The minimum absolute atomic E-state index is 0. The van der Waals surface area contributed by atoms with E-state index in [9.17, 15) is 0 Å². The van der Waals surface area contributed by atoms with Crippen LogP contribution >= 0.6 is 0 Å². The van der Waals surface area contributed by atoms with Crippen LogP contribution in [0, 0.1) is 0 Å². The van der Waals surface area contributed by atoms with Crippen LogP contribution in [0.1, 0.15) is 0 Å². The van der Waals surface area contributed by atoms with Crippen LogP contribution in [0.4, 0.5) is 4.79 Å². The van der Waals surface area contributed by atoms with E-state index >= 15 is 0 Å². The van der Waals surface area contributed by atoms with Gasteiger partial charge in [-0.25, -0.2) is 0 Å². The number of hydrogen-bond acceptors (Lipinski definition) is 3. The summed E-state index contributed by atoms with van der Waals surface area (Å²) < 4.78 is 0. The van der Waals surface area contributed by atoms with Crippen molar-refractivity contribution in [1.82, 2.24) is 0 Å². The molecule has 0 saturated carbocycles. The molecule has 0 aliphatic heterocycles. The fourth-order valence-electron chi connectivity index (χ4n) is 0. The first-order chi connectivity index (χ1) is 1.73. The van der Waals surface area contributed by atoms with Crippen molar-refractivity contribution in [3.8, 4) is 0 Å². The van der Waals surface area contributed by atoms with Gasteiger partial charge in [0.1, 0.15) is 0 Å². The molecule has 0 aromatic heterocycles. The second-order valence-electron chi connectivity index (χ2n) is 0.250. The second-order valence-corrected chi connectivity index (χ2v) is 0.250. The molecule has 5 heavy (non-hydrogen) atoms. The quantitative estimate of drug-likeness (QED) is 0.285. The van der Waals surface area contributed by atoms with Crippen molar-refractivity contribution < 1.29 is 66.4 Å². The van der Waals surface area contributed by atoms with Gasteiger partial charge in [0.05, 0.1) is 0 Å². The molecule has 0 spiro atoms. The maximum Gasteiger partial charge on any atom is 1.00 e. The van der Waals surface area contributed by atoms with E-state index in [2.05, 4.69) is 0 Å². The first-order valence-electron chi connectivity index (χ1n) is 0.612. The van der Waals surface area contributed by atoms with Gasteiger partial charge < -0.3 is 15.0 Å². The average molecular weight is 99.1 g/mol. The SMILES string of the molecule is O=C([O-])[O-].[K+]. The summed E-state index contributed by atoms with van der Waals surface area (Å²) in [5.41, 5.74) is 0. The van der Waals surface area contributed by atoms with E-state index < -0.39 is 6.16 Å². The van der Waals surface area contributed by atoms with Crippen molar-refractivity contribution in [3.63, 3.8) is 0 Å². The van der Waals surface area contributed by atoms with Gasteiger partial charge in [-0.3, -0.25) is 0 Å². The van der Waals surface area contributed by atoms with Gasteiger partial charge in [0.25, 0.3) is 0 Å². The van der Waals surface area contributed by atoms with Crippen LogP contribution in [0.2, 0.25) is 0 Å². The molecule has 0 radical (unpaired) electrons. The minimum atomic E-state index is -2.33. The summed E-state index contributed by atoms with van der Waals surface area (Å²) in [5, 5.41) is 16.7. The molecule has 0 amide bonds. The molecular formula is CKO3-. The van der Waals surface area contributed by atoms with Gasteiger partial charge >= 0.3 is 51.4 Å². The third-order valence-electron chi connectivity index (χ3n) is 0. The normalized spacial score (nSPS) is 4.80. The van der Waals surface area contributed by atoms with Crippen molar-refractivity contribution in [1.29, 1.82) is 0 Å². The summed E-state index contributed by atoms with van der Waals surface area (Å²) >= 11 is 0. The Morgan fingerprint density at radius 1 is 1.40 bits per heavy atom. The minimum Gasteiger partial charge on any atom is -0.652 e. The smallest absolute Gasteiger partial charge is 0.652 e. The summed E-state index contributed by atoms with van der Waals surface area (Å²) in [7, 11) is 0. The molecule has 24 valence electrons. The second kappa shape index (κ2) is 4.91. The summed E-state index contributed by atoms with van der Waals surface area (Å²) in [4.78, 5) is 8.33. The largest absolute Gasteiger partial charge is 1.00 e. The summed E-state index contributed by atoms with van der Waals surface area (Å²) in [5.74, 6) is 0. The predicted molar refractivity (Wildman–Crippen MR) is 5.40 cm³/mol. The van der Waals surface area contributed by atoms with Gasteiger partial charge in [-0.05, 0) is 6.16 Å². The summed E-state index contributed by atoms with van der Waals surface area (Å²) in [6.07, 6.45) is -2.33. The van der Waals surface area contributed by atoms with Crippen LogP contribution in [0.5, 0.6) is 0 Å². The monoisotopic (exact) mass is 98.9 g/mol. The Morgan fingerprint density at radius 3 is 1.40 bits per heavy atom. The molecular weight excluding hydrogens is 99.1 g/mol. The Balaban J connectivity index is 0. The molecule has 0 atom stereocenters. The number of carbonyl (C=O) groups is 1. The predicted octanol–water partition coefficient (Wildman–Crippen LogP) is -5.44. The van der Waals surface area contributed by atoms with E-state index in [4.69, 9.17) is 15.0 Å². The standard InChI is InChI=1S/CH2O3.K/c2-1(3)4;/h(H2,2,3,4);/q;+1/p-2. The Morgan fingerprint density at radius 2 is 1.40 bits per heavy atom. The van der Waals surface area contributed by atoms with Crippen LogP contribution in [0.3, 0.4) is 0 Å². The molecule has 0 aromatic rings. The Bertz CT molecular complexity index is 29.9. The fourth-order valence-corrected chi connectivity index (χ4v) is 0. The van der Waals surface area contributed by atoms with Crippen molar-refractivity contribution in [2.75, 3.05) is 0 Å². The van der Waals surface area contributed by atoms with E-state index in [0.717, 1.165) is 0 Å². The number of rotatable bonds is 0. The molecule has 0 aromatic carbocycles. The van der Waals surface area contributed by atoms with Crippen LogP contribution in [-0.2, 0) is 0 Å². The van der Waals surface area contributed by atoms with E-state index in [1.54, 1.807) is 0 Å². The van der Waals surface area contributed by atoms with Gasteiger partial charge in [0.2, 0.25) is 0 Å². The number of carboxylic acid groups (broad SMARTS) is 2. The third kappa shape index (κ3) is 50.4. The van der Waals surface area contributed by atoms with E-state index in [-0.39, 0.29) is 51.4 Å². The molecule has 0 unspecified atom stereocenters. The molecule has 0 bridgehead atoms. The molecule has 0 N–H and O–H groups in total. The molecule has 0 aliphatic rings. The summed E-state index contributed by atoms with van der Waals surface area (Å²) in [6.45, 7) is 0. The zero-order valence-corrected chi connectivity index (χ0v) is 5.85. The zero-order chi connectivity index (χ0) is 3.58. The van der Waals surface area contributed by atoms with Gasteiger partial charge in [-0.2, -0.15) is 0 Å². The maximum atomic E-state index is 8.33. The van der Waals surface area contributed by atoms with Gasteiger partial charge in [0, 0.05) is 0 Å². The van der Waals surface area contributed by atoms with E-state index in [0.29, 0.717) is 0 Å². The number of carbonyl (C=O) groups excluding carboxylic acids is 1. The van der Waals surface area contributed by atoms with Crippen molar-refractivity contribution in [2.24, 2.45) is 0 Å². The fraction of sp³-hybridized carbons (Fsp3) is 0. The Kier molecular flexibility index (Phi) is 9.14. The van der Waals surface area contributed by atoms with E-state index in [1.165, 1.54) is 0 Å². The first kappa shape index (κ1) is 9.32. The van der Waals surface area contributed by atoms with Gasteiger partial charge in [0.15, 0.2) is 0 Å². The molecule has 0 heterocycles. The zero-order valence-electron chi connectivity index (χ0n) is 2.72. The van der Waals surface area contributed by atoms with Crippen LogP contribution < -0.4 is 61.6 Å². The van der Waals surface area contributed by atoms with Crippen LogP contribution in [0.25, 0.3) is 0 Å². The van der Waals surface area contributed by atoms with Gasteiger partial charge in [-0.1, -0.05) is 0 Å². The topological polar surface area (TPSA) is 63.2 Å². The molecule has 4 heteroatoms. The van der Waals surface area contributed by atoms with Crippen molar-refractivity contribution >= 4 is 6.16 Å². The maximum absolute atomic E-state index is 8.33. The molecule has 0 saturated heterocycles. The van der Waals surface area contributed by atoms with Crippen molar-refractivity contribution in [2.45, 2.75) is 0 Å². The average Bonchev–Trinajstić information content (AvgIpc) is 0.811. The van der Waals surface area contributed by atoms with Crippen LogP contribution in [0.15, 0.2) is 0 Å².